The van der Waals surface area contributed by atoms with Crippen LogP contribution in [0.2, 0.25) is 0 Å². The molecule has 0 bridgehead atoms. The second-order valence-electron chi connectivity index (χ2n) is 4.23. The summed E-state index contributed by atoms with van der Waals surface area (Å²) in [7, 11) is 5.70. The van der Waals surface area contributed by atoms with Crippen molar-refractivity contribution in [3.63, 3.8) is 0 Å². The lowest BCUT2D eigenvalue weighted by molar-refractivity contribution is -0.121. The molecule has 0 radical (unpaired) electrons. The third-order valence-electron chi connectivity index (χ3n) is 2.69. The van der Waals surface area contributed by atoms with Crippen LogP contribution in [0.5, 0.6) is 0 Å². The highest BCUT2D eigenvalue weighted by atomic mass is 32.2. The van der Waals surface area contributed by atoms with Crippen LogP contribution in [-0.4, -0.2) is 36.3 Å². The van der Waals surface area contributed by atoms with E-state index in [9.17, 15) is 4.79 Å². The smallest absolute Gasteiger partial charge is 0.265 e. The number of benzene rings is 1. The highest BCUT2D eigenvalue weighted by molar-refractivity contribution is 8.26. The molecular weight excluding hydrogens is 264 g/mol. The summed E-state index contributed by atoms with van der Waals surface area (Å²) in [4.78, 5) is 16.1. The lowest BCUT2D eigenvalue weighted by atomic mass is 10.2. The quantitative estimate of drug-likeness (QED) is 0.613. The predicted molar refractivity (Wildman–Crippen MR) is 81.7 cm³/mol. The minimum absolute atomic E-state index is 0.0262. The zero-order valence-electron chi connectivity index (χ0n) is 10.5. The Kier molecular flexibility index (Phi) is 3.73. The fraction of sp³-hybridized carbons (Fsp3) is 0.231. The first-order valence-corrected chi connectivity index (χ1v) is 6.70. The number of nitrogens with zero attached hydrogens (tertiary/aromatic N) is 2. The lowest BCUT2D eigenvalue weighted by Crippen LogP contribution is -2.22. The van der Waals surface area contributed by atoms with Gasteiger partial charge in [0, 0.05) is 26.8 Å². The molecule has 0 aliphatic carbocycles. The van der Waals surface area contributed by atoms with Crippen molar-refractivity contribution < 1.29 is 4.79 Å². The first-order chi connectivity index (χ1) is 8.49. The molecule has 1 aliphatic heterocycles. The number of rotatable bonds is 2. The number of thioether (sulfide) groups is 1. The van der Waals surface area contributed by atoms with Gasteiger partial charge in [-0.25, -0.2) is 0 Å². The van der Waals surface area contributed by atoms with Crippen molar-refractivity contribution in [1.82, 2.24) is 4.90 Å². The van der Waals surface area contributed by atoms with Gasteiger partial charge in [0.1, 0.15) is 4.32 Å². The number of likely N-dealkylation sites (N-methyl/N-ethyl adjacent to an activating group) is 1. The first kappa shape index (κ1) is 13.1. The molecule has 18 heavy (non-hydrogen) atoms. The Balaban J connectivity index is 2.24. The van der Waals surface area contributed by atoms with Crippen LogP contribution < -0.4 is 4.90 Å². The molecular formula is C13H14N2OS2. The average Bonchev–Trinajstić information content (AvgIpc) is 2.58. The molecule has 0 spiro atoms. The number of thiocarbonyl (C=S) groups is 1. The Morgan fingerprint density at radius 1 is 1.28 bits per heavy atom. The van der Waals surface area contributed by atoms with E-state index in [-0.39, 0.29) is 5.91 Å². The highest BCUT2D eigenvalue weighted by Crippen LogP contribution is 2.31. The number of anilines is 1. The van der Waals surface area contributed by atoms with E-state index in [0.29, 0.717) is 9.23 Å². The van der Waals surface area contributed by atoms with Crippen molar-refractivity contribution in [2.45, 2.75) is 0 Å². The van der Waals surface area contributed by atoms with Crippen LogP contribution in [0.25, 0.3) is 6.08 Å². The predicted octanol–water partition coefficient (Wildman–Crippen LogP) is 2.58. The van der Waals surface area contributed by atoms with Gasteiger partial charge in [-0.1, -0.05) is 36.1 Å². The molecule has 0 unspecified atom stereocenters. The maximum Gasteiger partial charge on any atom is 0.265 e. The van der Waals surface area contributed by atoms with E-state index in [4.69, 9.17) is 12.2 Å². The molecule has 1 aromatic rings. The summed E-state index contributed by atoms with van der Waals surface area (Å²) < 4.78 is 0.608. The number of amides is 1. The van der Waals surface area contributed by atoms with E-state index >= 15 is 0 Å². The fourth-order valence-electron chi connectivity index (χ4n) is 1.57. The van der Waals surface area contributed by atoms with Crippen molar-refractivity contribution in [2.24, 2.45) is 0 Å². The van der Waals surface area contributed by atoms with Gasteiger partial charge in [-0.2, -0.15) is 0 Å². The zero-order valence-corrected chi connectivity index (χ0v) is 12.1. The van der Waals surface area contributed by atoms with Crippen molar-refractivity contribution >= 4 is 46.0 Å². The third kappa shape index (κ3) is 2.57. The molecule has 0 saturated carbocycles. The third-order valence-corrected chi connectivity index (χ3v) is 4.18. The molecule has 1 fully saturated rings. The van der Waals surface area contributed by atoms with Crippen LogP contribution >= 0.6 is 24.0 Å². The van der Waals surface area contributed by atoms with Crippen molar-refractivity contribution in [3.05, 3.63) is 34.7 Å². The number of hydrogen-bond donors (Lipinski definition) is 0. The highest BCUT2D eigenvalue weighted by Gasteiger charge is 2.28. The van der Waals surface area contributed by atoms with Gasteiger partial charge in [0.2, 0.25) is 0 Å². The van der Waals surface area contributed by atoms with Crippen LogP contribution in [0.4, 0.5) is 5.69 Å². The van der Waals surface area contributed by atoms with E-state index in [1.165, 1.54) is 16.7 Å². The summed E-state index contributed by atoms with van der Waals surface area (Å²) in [6.45, 7) is 0. The molecule has 1 aliphatic rings. The van der Waals surface area contributed by atoms with Gasteiger partial charge in [-0.3, -0.25) is 9.69 Å². The van der Waals surface area contributed by atoms with Gasteiger partial charge in [-0.05, 0) is 23.8 Å². The van der Waals surface area contributed by atoms with Crippen LogP contribution in [0.1, 0.15) is 5.56 Å². The first-order valence-electron chi connectivity index (χ1n) is 5.48. The molecule has 1 heterocycles. The molecule has 94 valence electrons. The standard InChI is InChI=1S/C13H14N2OS2/c1-14(2)10-6-4-9(5-7-10)8-11-12(16)15(3)13(17)18-11/h4-8H,1-3H3/b11-8+. The summed E-state index contributed by atoms with van der Waals surface area (Å²) >= 11 is 6.43. The molecule has 5 heteroatoms. The minimum atomic E-state index is -0.0262. The Bertz CT molecular complexity index is 520. The SMILES string of the molecule is CN1C(=O)/C(=C\c2ccc(N(C)C)cc2)SC1=S. The van der Waals surface area contributed by atoms with Crippen molar-refractivity contribution in [1.29, 1.82) is 0 Å². The van der Waals surface area contributed by atoms with E-state index < -0.39 is 0 Å². The summed E-state index contributed by atoms with van der Waals surface area (Å²) in [6, 6.07) is 8.05. The summed E-state index contributed by atoms with van der Waals surface area (Å²) in [5.74, 6) is -0.0262. The topological polar surface area (TPSA) is 23.6 Å². The maximum absolute atomic E-state index is 11.8. The average molecular weight is 278 g/mol. The Hall–Kier alpha value is -1.33. The van der Waals surface area contributed by atoms with Gasteiger partial charge < -0.3 is 4.90 Å². The van der Waals surface area contributed by atoms with E-state index in [2.05, 4.69) is 0 Å². The molecule has 1 saturated heterocycles. The van der Waals surface area contributed by atoms with E-state index in [0.717, 1.165) is 11.3 Å². The second kappa shape index (κ2) is 5.12. The normalized spacial score (nSPS) is 17.7. The minimum Gasteiger partial charge on any atom is -0.378 e. The maximum atomic E-state index is 11.8. The van der Waals surface area contributed by atoms with Crippen molar-refractivity contribution in [3.8, 4) is 0 Å². The molecule has 0 atom stereocenters. The fourth-order valence-corrected chi connectivity index (χ4v) is 2.75. The van der Waals surface area contributed by atoms with Gasteiger partial charge in [0.05, 0.1) is 4.91 Å². The Morgan fingerprint density at radius 2 is 1.89 bits per heavy atom. The molecule has 0 N–H and O–H groups in total. The number of carbonyl (C=O) groups excluding carboxylic acids is 1. The van der Waals surface area contributed by atoms with Crippen molar-refractivity contribution in [2.75, 3.05) is 26.0 Å². The monoisotopic (exact) mass is 278 g/mol. The van der Waals surface area contributed by atoms with Gasteiger partial charge >= 0.3 is 0 Å². The summed E-state index contributed by atoms with van der Waals surface area (Å²) in [5.41, 5.74) is 2.14. The van der Waals surface area contributed by atoms with Gasteiger partial charge in [-0.15, -0.1) is 0 Å². The van der Waals surface area contributed by atoms with Crippen LogP contribution in [0.3, 0.4) is 0 Å². The second-order valence-corrected chi connectivity index (χ2v) is 5.90. The largest absolute Gasteiger partial charge is 0.378 e. The Labute approximate surface area is 116 Å². The van der Waals surface area contributed by atoms with E-state index in [1.54, 1.807) is 7.05 Å². The Morgan fingerprint density at radius 3 is 2.33 bits per heavy atom. The van der Waals surface area contributed by atoms with E-state index in [1.807, 2.05) is 49.3 Å². The summed E-state index contributed by atoms with van der Waals surface area (Å²) in [5, 5.41) is 0. The summed E-state index contributed by atoms with van der Waals surface area (Å²) in [6.07, 6.45) is 1.88. The number of hydrogen-bond acceptors (Lipinski definition) is 4. The molecule has 1 aromatic carbocycles. The zero-order chi connectivity index (χ0) is 13.3. The van der Waals surface area contributed by atoms with Crippen LogP contribution in [0, 0.1) is 0 Å². The molecule has 1 amide bonds. The number of carbonyl (C=O) groups is 1. The van der Waals surface area contributed by atoms with Gasteiger partial charge in [0.25, 0.3) is 5.91 Å². The van der Waals surface area contributed by atoms with Crippen LogP contribution in [0.15, 0.2) is 29.2 Å². The van der Waals surface area contributed by atoms with Crippen LogP contribution in [-0.2, 0) is 4.79 Å². The van der Waals surface area contributed by atoms with Gasteiger partial charge in [0.15, 0.2) is 0 Å². The molecule has 2 rings (SSSR count). The molecule has 3 nitrogen and oxygen atoms in total. The molecule has 0 aromatic heterocycles. The lowest BCUT2D eigenvalue weighted by Gasteiger charge is -2.11.